The molecule has 4 nitrogen and oxygen atoms in total. The van der Waals surface area contributed by atoms with Crippen molar-refractivity contribution in [2.75, 3.05) is 12.4 Å². The summed E-state index contributed by atoms with van der Waals surface area (Å²) in [7, 11) is 1.61. The molecule has 5 heteroatoms. The van der Waals surface area contributed by atoms with E-state index in [1.165, 1.54) is 0 Å². The molecule has 0 atom stereocenters. The van der Waals surface area contributed by atoms with E-state index in [1.807, 2.05) is 25.1 Å². The van der Waals surface area contributed by atoms with Gasteiger partial charge in [0.1, 0.15) is 5.75 Å². The van der Waals surface area contributed by atoms with Gasteiger partial charge >= 0.3 is 0 Å². The quantitative estimate of drug-likeness (QED) is 0.793. The number of hydrogen-bond acceptors (Lipinski definition) is 3. The van der Waals surface area contributed by atoms with E-state index in [0.717, 1.165) is 21.3 Å². The maximum atomic E-state index is 11.6. The van der Waals surface area contributed by atoms with Crippen molar-refractivity contribution in [2.24, 2.45) is 0 Å². The second-order valence-corrected chi connectivity index (χ2v) is 5.65. The Hall–Kier alpha value is -2.01. The maximum absolute atomic E-state index is 11.6. The lowest BCUT2D eigenvalue weighted by atomic mass is 10.1. The number of anilines is 1. The average Bonchev–Trinajstić information content (AvgIpc) is 2.48. The van der Waals surface area contributed by atoms with Crippen LogP contribution in [0, 0.1) is 6.92 Å². The van der Waals surface area contributed by atoms with Gasteiger partial charge in [0.05, 0.1) is 0 Å². The molecule has 0 aliphatic rings. The summed E-state index contributed by atoms with van der Waals surface area (Å²) in [6.45, 7) is 2.45. The first-order valence-electron chi connectivity index (χ1n) is 6.55. The number of halogens is 1. The lowest BCUT2D eigenvalue weighted by Crippen LogP contribution is -2.17. The van der Waals surface area contributed by atoms with Gasteiger partial charge in [-0.1, -0.05) is 15.9 Å². The lowest BCUT2D eigenvalue weighted by molar-refractivity contribution is 0.0963. The van der Waals surface area contributed by atoms with E-state index in [1.54, 1.807) is 25.2 Å². The molecule has 1 amide bonds. The molecule has 21 heavy (non-hydrogen) atoms. The number of phenols is 1. The topological polar surface area (TPSA) is 61.4 Å². The van der Waals surface area contributed by atoms with Gasteiger partial charge in [0, 0.05) is 34.9 Å². The molecule has 0 saturated heterocycles. The summed E-state index contributed by atoms with van der Waals surface area (Å²) in [5.74, 6) is 0.152. The van der Waals surface area contributed by atoms with E-state index in [0.29, 0.717) is 12.1 Å². The van der Waals surface area contributed by atoms with Gasteiger partial charge in [0.2, 0.25) is 0 Å². The summed E-state index contributed by atoms with van der Waals surface area (Å²) in [5, 5.41) is 15.7. The lowest BCUT2D eigenvalue weighted by Gasteiger charge is -2.12. The van der Waals surface area contributed by atoms with Crippen LogP contribution in [-0.2, 0) is 6.54 Å². The third-order valence-electron chi connectivity index (χ3n) is 3.23. The number of carbonyl (C=O) groups is 1. The van der Waals surface area contributed by atoms with Crippen LogP contribution in [0.25, 0.3) is 0 Å². The zero-order valence-corrected chi connectivity index (χ0v) is 13.5. The van der Waals surface area contributed by atoms with Crippen LogP contribution in [0.5, 0.6) is 5.75 Å². The van der Waals surface area contributed by atoms with Gasteiger partial charge in [0.15, 0.2) is 0 Å². The van der Waals surface area contributed by atoms with E-state index in [9.17, 15) is 9.90 Å². The number of phenolic OH excluding ortho intramolecular Hbond substituents is 1. The van der Waals surface area contributed by atoms with Crippen LogP contribution in [-0.4, -0.2) is 18.1 Å². The number of aromatic hydroxyl groups is 1. The maximum Gasteiger partial charge on any atom is 0.251 e. The van der Waals surface area contributed by atoms with Crippen LogP contribution in [0.1, 0.15) is 21.5 Å². The first kappa shape index (κ1) is 15.4. The first-order chi connectivity index (χ1) is 10.0. The van der Waals surface area contributed by atoms with Gasteiger partial charge < -0.3 is 15.7 Å². The molecule has 0 aliphatic carbocycles. The molecule has 0 spiro atoms. The Bertz CT molecular complexity index is 671. The zero-order chi connectivity index (χ0) is 15.4. The second-order valence-electron chi connectivity index (χ2n) is 4.74. The summed E-state index contributed by atoms with van der Waals surface area (Å²) in [5.41, 5.74) is 3.35. The van der Waals surface area contributed by atoms with Crippen molar-refractivity contribution in [2.45, 2.75) is 13.5 Å². The summed E-state index contributed by atoms with van der Waals surface area (Å²) in [6, 6.07) is 10.8. The first-order valence-corrected chi connectivity index (χ1v) is 7.34. The Morgan fingerprint density at radius 1 is 1.24 bits per heavy atom. The molecule has 0 radical (unpaired) electrons. The van der Waals surface area contributed by atoms with Gasteiger partial charge in [-0.2, -0.15) is 0 Å². The minimum atomic E-state index is -0.103. The van der Waals surface area contributed by atoms with Crippen molar-refractivity contribution >= 4 is 27.5 Å². The molecular formula is C16H17BrN2O2. The third kappa shape index (κ3) is 3.76. The number of rotatable bonds is 4. The highest BCUT2D eigenvalue weighted by Crippen LogP contribution is 2.24. The molecule has 2 aromatic carbocycles. The molecule has 0 fully saturated rings. The number of carbonyl (C=O) groups excluding carboxylic acids is 1. The third-order valence-corrected chi connectivity index (χ3v) is 3.72. The largest absolute Gasteiger partial charge is 0.508 e. The van der Waals surface area contributed by atoms with E-state index < -0.39 is 0 Å². The standard InChI is InChI=1S/C16H17BrN2O2/c1-10-7-11(16(21)18-2)3-5-14(10)19-9-12-8-13(17)4-6-15(12)20/h3-8,19-20H,9H2,1-2H3,(H,18,21). The smallest absolute Gasteiger partial charge is 0.251 e. The molecule has 2 rings (SSSR count). The number of nitrogens with one attached hydrogen (secondary N) is 2. The minimum absolute atomic E-state index is 0.103. The monoisotopic (exact) mass is 348 g/mol. The Kier molecular flexibility index (Phi) is 4.85. The Morgan fingerprint density at radius 3 is 2.67 bits per heavy atom. The SMILES string of the molecule is CNC(=O)c1ccc(NCc2cc(Br)ccc2O)c(C)c1. The van der Waals surface area contributed by atoms with Crippen LogP contribution in [0.2, 0.25) is 0 Å². The molecule has 0 saturated carbocycles. The van der Waals surface area contributed by atoms with Crippen molar-refractivity contribution in [3.63, 3.8) is 0 Å². The fourth-order valence-corrected chi connectivity index (χ4v) is 2.44. The molecule has 3 N–H and O–H groups in total. The van der Waals surface area contributed by atoms with Crippen molar-refractivity contribution in [1.82, 2.24) is 5.32 Å². The number of benzene rings is 2. The molecule has 0 heterocycles. The van der Waals surface area contributed by atoms with E-state index >= 15 is 0 Å². The summed E-state index contributed by atoms with van der Waals surface area (Å²) >= 11 is 3.39. The molecule has 0 unspecified atom stereocenters. The molecule has 0 aliphatic heterocycles. The van der Waals surface area contributed by atoms with Gasteiger partial charge in [0.25, 0.3) is 5.91 Å². The fraction of sp³-hybridized carbons (Fsp3) is 0.188. The Labute approximate surface area is 132 Å². The highest BCUT2D eigenvalue weighted by atomic mass is 79.9. The average molecular weight is 349 g/mol. The predicted molar refractivity (Wildman–Crippen MR) is 87.7 cm³/mol. The van der Waals surface area contributed by atoms with Crippen molar-refractivity contribution < 1.29 is 9.90 Å². The minimum Gasteiger partial charge on any atom is -0.508 e. The van der Waals surface area contributed by atoms with Crippen LogP contribution < -0.4 is 10.6 Å². The molecule has 2 aromatic rings. The highest BCUT2D eigenvalue weighted by molar-refractivity contribution is 9.10. The van der Waals surface area contributed by atoms with Crippen molar-refractivity contribution in [3.05, 3.63) is 57.6 Å². The van der Waals surface area contributed by atoms with Gasteiger partial charge in [-0.05, 0) is 48.9 Å². The van der Waals surface area contributed by atoms with E-state index in [2.05, 4.69) is 26.6 Å². The fourth-order valence-electron chi connectivity index (χ4n) is 2.03. The summed E-state index contributed by atoms with van der Waals surface area (Å²) < 4.78 is 0.920. The Morgan fingerprint density at radius 2 is 2.00 bits per heavy atom. The summed E-state index contributed by atoms with van der Waals surface area (Å²) in [6.07, 6.45) is 0. The van der Waals surface area contributed by atoms with Gasteiger partial charge in [-0.3, -0.25) is 4.79 Å². The Balaban J connectivity index is 2.13. The van der Waals surface area contributed by atoms with Crippen molar-refractivity contribution in [1.29, 1.82) is 0 Å². The van der Waals surface area contributed by atoms with Gasteiger partial charge in [-0.15, -0.1) is 0 Å². The number of aryl methyl sites for hydroxylation is 1. The van der Waals surface area contributed by atoms with Gasteiger partial charge in [-0.25, -0.2) is 0 Å². The molecular weight excluding hydrogens is 332 g/mol. The van der Waals surface area contributed by atoms with E-state index in [-0.39, 0.29) is 11.7 Å². The van der Waals surface area contributed by atoms with Crippen molar-refractivity contribution in [3.8, 4) is 5.75 Å². The van der Waals surface area contributed by atoms with Crippen LogP contribution in [0.3, 0.4) is 0 Å². The number of amides is 1. The molecule has 110 valence electrons. The molecule has 0 bridgehead atoms. The number of hydrogen-bond donors (Lipinski definition) is 3. The van der Waals surface area contributed by atoms with Crippen LogP contribution in [0.15, 0.2) is 40.9 Å². The van der Waals surface area contributed by atoms with Crippen LogP contribution >= 0.6 is 15.9 Å². The summed E-state index contributed by atoms with van der Waals surface area (Å²) in [4.78, 5) is 11.6. The molecule has 0 aromatic heterocycles. The second kappa shape index (κ2) is 6.63. The normalized spacial score (nSPS) is 10.2. The van der Waals surface area contributed by atoms with E-state index in [4.69, 9.17) is 0 Å². The highest BCUT2D eigenvalue weighted by Gasteiger charge is 2.07. The zero-order valence-electron chi connectivity index (χ0n) is 11.9. The predicted octanol–water partition coefficient (Wildman–Crippen LogP) is 3.43. The van der Waals surface area contributed by atoms with Crippen LogP contribution in [0.4, 0.5) is 5.69 Å².